The number of amides is 2. The summed E-state index contributed by atoms with van der Waals surface area (Å²) in [5.74, 6) is -1.68. The highest BCUT2D eigenvalue weighted by atomic mass is 32.2. The SMILES string of the molecule is O=C(NNC(=O)[C@H]1CCS(=O)(=O)C1)c1ccc(-c2ccccc2)cc1. The number of nitrogens with one attached hydrogen (secondary N) is 2. The van der Waals surface area contributed by atoms with Crippen LogP contribution in [0.4, 0.5) is 0 Å². The third-order valence-electron chi connectivity index (χ3n) is 4.16. The lowest BCUT2D eigenvalue weighted by molar-refractivity contribution is -0.125. The number of sulfone groups is 1. The largest absolute Gasteiger partial charge is 0.273 e. The van der Waals surface area contributed by atoms with Crippen molar-refractivity contribution in [1.29, 1.82) is 0 Å². The van der Waals surface area contributed by atoms with Crippen molar-refractivity contribution in [2.24, 2.45) is 5.92 Å². The van der Waals surface area contributed by atoms with Gasteiger partial charge in [-0.05, 0) is 29.7 Å². The molecule has 7 heteroatoms. The second kappa shape index (κ2) is 7.06. The van der Waals surface area contributed by atoms with E-state index in [0.29, 0.717) is 5.56 Å². The molecule has 0 saturated carbocycles. The normalized spacial score (nSPS) is 18.5. The van der Waals surface area contributed by atoms with Crippen LogP contribution >= 0.6 is 0 Å². The van der Waals surface area contributed by atoms with Crippen LogP contribution in [-0.2, 0) is 14.6 Å². The monoisotopic (exact) mass is 358 g/mol. The molecule has 1 aliphatic heterocycles. The van der Waals surface area contributed by atoms with Gasteiger partial charge in [-0.25, -0.2) is 8.42 Å². The molecule has 0 aliphatic carbocycles. The highest BCUT2D eigenvalue weighted by Crippen LogP contribution is 2.19. The van der Waals surface area contributed by atoms with Crippen LogP contribution in [0.15, 0.2) is 54.6 Å². The van der Waals surface area contributed by atoms with Crippen molar-refractivity contribution >= 4 is 21.7 Å². The van der Waals surface area contributed by atoms with Crippen molar-refractivity contribution in [2.75, 3.05) is 11.5 Å². The molecule has 1 aliphatic rings. The van der Waals surface area contributed by atoms with E-state index in [9.17, 15) is 18.0 Å². The summed E-state index contributed by atoms with van der Waals surface area (Å²) in [7, 11) is -3.14. The van der Waals surface area contributed by atoms with Crippen LogP contribution in [0.2, 0.25) is 0 Å². The van der Waals surface area contributed by atoms with E-state index in [4.69, 9.17) is 0 Å². The van der Waals surface area contributed by atoms with Gasteiger partial charge >= 0.3 is 0 Å². The molecule has 2 N–H and O–H groups in total. The minimum atomic E-state index is -3.14. The van der Waals surface area contributed by atoms with E-state index in [-0.39, 0.29) is 17.9 Å². The van der Waals surface area contributed by atoms with Gasteiger partial charge in [-0.3, -0.25) is 20.4 Å². The number of hydrogen-bond donors (Lipinski definition) is 2. The molecule has 0 spiro atoms. The fourth-order valence-corrected chi connectivity index (χ4v) is 4.48. The van der Waals surface area contributed by atoms with Crippen molar-refractivity contribution in [2.45, 2.75) is 6.42 Å². The Kier molecular flexibility index (Phi) is 4.85. The maximum atomic E-state index is 12.1. The zero-order chi connectivity index (χ0) is 17.9. The quantitative estimate of drug-likeness (QED) is 0.814. The van der Waals surface area contributed by atoms with Crippen LogP contribution in [-0.4, -0.2) is 31.7 Å². The van der Waals surface area contributed by atoms with Crippen molar-refractivity contribution in [3.05, 3.63) is 60.2 Å². The van der Waals surface area contributed by atoms with Crippen molar-refractivity contribution in [1.82, 2.24) is 10.9 Å². The van der Waals surface area contributed by atoms with E-state index in [1.807, 2.05) is 42.5 Å². The molecule has 0 bridgehead atoms. The molecule has 2 aromatic carbocycles. The number of carbonyl (C=O) groups is 2. The van der Waals surface area contributed by atoms with E-state index >= 15 is 0 Å². The average molecular weight is 358 g/mol. The topological polar surface area (TPSA) is 92.3 Å². The highest BCUT2D eigenvalue weighted by Gasteiger charge is 2.33. The van der Waals surface area contributed by atoms with Crippen LogP contribution < -0.4 is 10.9 Å². The summed E-state index contributed by atoms with van der Waals surface area (Å²) in [6.45, 7) is 0. The first-order chi connectivity index (χ1) is 11.9. The van der Waals surface area contributed by atoms with Gasteiger partial charge in [0, 0.05) is 5.56 Å². The van der Waals surface area contributed by atoms with Gasteiger partial charge in [0.1, 0.15) is 0 Å². The molecule has 2 aromatic rings. The predicted molar refractivity (Wildman–Crippen MR) is 94.2 cm³/mol. The van der Waals surface area contributed by atoms with Crippen molar-refractivity contribution < 1.29 is 18.0 Å². The Morgan fingerprint density at radius 1 is 0.880 bits per heavy atom. The van der Waals surface area contributed by atoms with Crippen LogP contribution in [0.5, 0.6) is 0 Å². The highest BCUT2D eigenvalue weighted by molar-refractivity contribution is 7.91. The minimum absolute atomic E-state index is 0.0139. The zero-order valence-electron chi connectivity index (χ0n) is 13.4. The summed E-state index contributed by atoms with van der Waals surface area (Å²) in [4.78, 5) is 24.0. The molecule has 1 fully saturated rings. The van der Waals surface area contributed by atoms with Crippen LogP contribution in [0.3, 0.4) is 0 Å². The third-order valence-corrected chi connectivity index (χ3v) is 5.92. The smallest absolute Gasteiger partial charge is 0.269 e. The molecule has 0 unspecified atom stereocenters. The number of hydrazine groups is 1. The van der Waals surface area contributed by atoms with Gasteiger partial charge in [-0.2, -0.15) is 0 Å². The van der Waals surface area contributed by atoms with E-state index in [1.54, 1.807) is 12.1 Å². The first-order valence-electron chi connectivity index (χ1n) is 7.91. The van der Waals surface area contributed by atoms with Crippen LogP contribution in [0.1, 0.15) is 16.8 Å². The standard InChI is InChI=1S/C18H18N2O4S/c21-17(19-20-18(22)16-10-11-25(23,24)12-16)15-8-6-14(7-9-15)13-4-2-1-3-5-13/h1-9,16H,10-12H2,(H,19,21)(H,20,22)/t16-/m0/s1. The summed E-state index contributed by atoms with van der Waals surface area (Å²) >= 11 is 0. The number of carbonyl (C=O) groups excluding carboxylic acids is 2. The maximum Gasteiger partial charge on any atom is 0.269 e. The van der Waals surface area contributed by atoms with E-state index in [1.165, 1.54) is 0 Å². The summed E-state index contributed by atoms with van der Waals surface area (Å²) in [5.41, 5.74) is 7.06. The Hall–Kier alpha value is -2.67. The van der Waals surface area contributed by atoms with Gasteiger partial charge < -0.3 is 0 Å². The zero-order valence-corrected chi connectivity index (χ0v) is 14.3. The molecule has 1 atom stereocenters. The molecule has 3 rings (SSSR count). The molecule has 1 heterocycles. The van der Waals surface area contributed by atoms with Gasteiger partial charge in [0.05, 0.1) is 17.4 Å². The fraction of sp³-hybridized carbons (Fsp3) is 0.222. The summed E-state index contributed by atoms with van der Waals surface area (Å²) < 4.78 is 22.8. The second-order valence-corrected chi connectivity index (χ2v) is 8.22. The molecular formula is C18H18N2O4S. The minimum Gasteiger partial charge on any atom is -0.273 e. The van der Waals surface area contributed by atoms with E-state index in [2.05, 4.69) is 10.9 Å². The molecule has 2 amide bonds. The molecule has 25 heavy (non-hydrogen) atoms. The number of rotatable bonds is 3. The predicted octanol–water partition coefficient (Wildman–Crippen LogP) is 1.55. The van der Waals surface area contributed by atoms with E-state index in [0.717, 1.165) is 11.1 Å². The van der Waals surface area contributed by atoms with Crippen LogP contribution in [0.25, 0.3) is 11.1 Å². The Labute approximate surface area is 146 Å². The lowest BCUT2D eigenvalue weighted by atomic mass is 10.0. The Morgan fingerprint density at radius 3 is 2.12 bits per heavy atom. The second-order valence-electron chi connectivity index (χ2n) is 5.99. The molecule has 0 aromatic heterocycles. The van der Waals surface area contributed by atoms with Gasteiger partial charge in [0.15, 0.2) is 9.84 Å². The van der Waals surface area contributed by atoms with Crippen molar-refractivity contribution in [3.63, 3.8) is 0 Å². The molecule has 130 valence electrons. The lowest BCUT2D eigenvalue weighted by Gasteiger charge is -2.11. The Bertz CT molecular complexity index is 877. The number of hydrogen-bond acceptors (Lipinski definition) is 4. The summed E-state index contributed by atoms with van der Waals surface area (Å²) in [6.07, 6.45) is 0.288. The summed E-state index contributed by atoms with van der Waals surface area (Å²) in [5, 5.41) is 0. The van der Waals surface area contributed by atoms with Crippen molar-refractivity contribution in [3.8, 4) is 11.1 Å². The Balaban J connectivity index is 1.57. The molecular weight excluding hydrogens is 340 g/mol. The molecule has 0 radical (unpaired) electrons. The molecule has 6 nitrogen and oxygen atoms in total. The lowest BCUT2D eigenvalue weighted by Crippen LogP contribution is -2.44. The Morgan fingerprint density at radius 2 is 1.52 bits per heavy atom. The van der Waals surface area contributed by atoms with Crippen LogP contribution in [0, 0.1) is 5.92 Å². The van der Waals surface area contributed by atoms with Gasteiger partial charge in [-0.1, -0.05) is 42.5 Å². The average Bonchev–Trinajstić information content (AvgIpc) is 3.00. The first kappa shape index (κ1) is 17.2. The van der Waals surface area contributed by atoms with Gasteiger partial charge in [-0.15, -0.1) is 0 Å². The first-order valence-corrected chi connectivity index (χ1v) is 9.73. The third kappa shape index (κ3) is 4.24. The maximum absolute atomic E-state index is 12.1. The number of benzene rings is 2. The summed E-state index contributed by atoms with van der Waals surface area (Å²) in [6, 6.07) is 16.8. The van der Waals surface area contributed by atoms with E-state index < -0.39 is 27.6 Å². The van der Waals surface area contributed by atoms with Gasteiger partial charge in [0.2, 0.25) is 5.91 Å². The molecule has 1 saturated heterocycles. The fourth-order valence-electron chi connectivity index (χ4n) is 2.74. The van der Waals surface area contributed by atoms with Gasteiger partial charge in [0.25, 0.3) is 5.91 Å².